The quantitative estimate of drug-likeness (QED) is 0.837. The number of carbonyl (C=O) groups excluding carboxylic acids is 2. The largest absolute Gasteiger partial charge is 0.443 e. The minimum Gasteiger partial charge on any atom is -0.443 e. The Morgan fingerprint density at radius 2 is 1.95 bits per heavy atom. The highest BCUT2D eigenvalue weighted by Gasteiger charge is 2.24. The van der Waals surface area contributed by atoms with E-state index >= 15 is 0 Å². The standard InChI is InChI=1S/C13H10BrFN2O3/c14-8-5-10(17-6-8)13(19)20-11(12(16)18)7-1-3-9(15)4-2-7/h1-6,11,17H,(H2,16,18). The van der Waals surface area contributed by atoms with E-state index in [1.54, 1.807) is 6.20 Å². The van der Waals surface area contributed by atoms with Crippen molar-refractivity contribution < 1.29 is 18.7 Å². The number of hydrogen-bond acceptors (Lipinski definition) is 3. The third-order valence-electron chi connectivity index (χ3n) is 2.52. The van der Waals surface area contributed by atoms with Crippen molar-refractivity contribution in [2.45, 2.75) is 6.10 Å². The maximum atomic E-state index is 12.8. The zero-order chi connectivity index (χ0) is 14.7. The van der Waals surface area contributed by atoms with Gasteiger partial charge in [0.05, 0.1) is 0 Å². The fraction of sp³-hybridized carbons (Fsp3) is 0.0769. The molecule has 7 heteroatoms. The van der Waals surface area contributed by atoms with Crippen LogP contribution in [-0.2, 0) is 9.53 Å². The monoisotopic (exact) mass is 340 g/mol. The van der Waals surface area contributed by atoms with Crippen molar-refractivity contribution >= 4 is 27.8 Å². The second-order valence-electron chi connectivity index (χ2n) is 3.97. The molecule has 2 aromatic rings. The zero-order valence-electron chi connectivity index (χ0n) is 10.1. The zero-order valence-corrected chi connectivity index (χ0v) is 11.7. The van der Waals surface area contributed by atoms with E-state index in [9.17, 15) is 14.0 Å². The Balaban J connectivity index is 2.20. The Bertz CT molecular complexity index is 639. The number of esters is 1. The average Bonchev–Trinajstić information content (AvgIpc) is 2.83. The Morgan fingerprint density at radius 1 is 1.30 bits per heavy atom. The maximum absolute atomic E-state index is 12.8. The van der Waals surface area contributed by atoms with Crippen molar-refractivity contribution in [2.75, 3.05) is 0 Å². The number of nitrogens with one attached hydrogen (secondary N) is 1. The van der Waals surface area contributed by atoms with E-state index in [1.165, 1.54) is 18.2 Å². The van der Waals surface area contributed by atoms with Crippen molar-refractivity contribution in [3.05, 3.63) is 58.1 Å². The van der Waals surface area contributed by atoms with Crippen LogP contribution in [0.15, 0.2) is 41.0 Å². The summed E-state index contributed by atoms with van der Waals surface area (Å²) < 4.78 is 18.6. The minimum atomic E-state index is -1.27. The van der Waals surface area contributed by atoms with E-state index in [0.717, 1.165) is 12.1 Å². The van der Waals surface area contributed by atoms with Gasteiger partial charge in [-0.25, -0.2) is 9.18 Å². The third-order valence-corrected chi connectivity index (χ3v) is 2.98. The molecular formula is C13H10BrFN2O3. The lowest BCUT2D eigenvalue weighted by atomic mass is 10.1. The maximum Gasteiger partial charge on any atom is 0.355 e. The number of amides is 1. The van der Waals surface area contributed by atoms with Gasteiger partial charge >= 0.3 is 5.97 Å². The number of aromatic amines is 1. The summed E-state index contributed by atoms with van der Waals surface area (Å²) in [7, 11) is 0. The fourth-order valence-electron chi connectivity index (χ4n) is 1.58. The van der Waals surface area contributed by atoms with Crippen LogP contribution in [0.2, 0.25) is 0 Å². The summed E-state index contributed by atoms with van der Waals surface area (Å²) in [6.45, 7) is 0. The predicted octanol–water partition coefficient (Wildman–Crippen LogP) is 2.30. The van der Waals surface area contributed by atoms with Crippen LogP contribution < -0.4 is 5.73 Å². The molecule has 0 aliphatic rings. The van der Waals surface area contributed by atoms with Gasteiger partial charge in [-0.3, -0.25) is 4.79 Å². The van der Waals surface area contributed by atoms with Gasteiger partial charge in [-0.2, -0.15) is 0 Å². The summed E-state index contributed by atoms with van der Waals surface area (Å²) in [4.78, 5) is 25.9. The number of hydrogen-bond donors (Lipinski definition) is 2. The highest BCUT2D eigenvalue weighted by molar-refractivity contribution is 9.10. The highest BCUT2D eigenvalue weighted by atomic mass is 79.9. The van der Waals surface area contributed by atoms with E-state index in [-0.39, 0.29) is 5.69 Å². The van der Waals surface area contributed by atoms with Crippen molar-refractivity contribution in [1.29, 1.82) is 0 Å². The molecule has 1 atom stereocenters. The van der Waals surface area contributed by atoms with E-state index < -0.39 is 23.8 Å². The number of halogens is 2. The van der Waals surface area contributed by atoms with Crippen LogP contribution in [0.4, 0.5) is 4.39 Å². The van der Waals surface area contributed by atoms with Gasteiger partial charge in [0.2, 0.25) is 6.10 Å². The summed E-state index contributed by atoms with van der Waals surface area (Å²) in [6.07, 6.45) is 0.276. The molecule has 1 aromatic heterocycles. The number of H-pyrrole nitrogens is 1. The number of rotatable bonds is 4. The van der Waals surface area contributed by atoms with Crippen LogP contribution in [0, 0.1) is 5.82 Å². The number of benzene rings is 1. The van der Waals surface area contributed by atoms with E-state index in [2.05, 4.69) is 20.9 Å². The van der Waals surface area contributed by atoms with E-state index in [4.69, 9.17) is 10.5 Å². The number of ether oxygens (including phenoxy) is 1. The summed E-state index contributed by atoms with van der Waals surface area (Å²) >= 11 is 3.18. The summed E-state index contributed by atoms with van der Waals surface area (Å²) in [5.41, 5.74) is 5.68. The number of aromatic nitrogens is 1. The van der Waals surface area contributed by atoms with E-state index in [0.29, 0.717) is 10.0 Å². The number of nitrogens with two attached hydrogens (primary N) is 1. The van der Waals surface area contributed by atoms with Gasteiger partial charge in [-0.1, -0.05) is 12.1 Å². The van der Waals surface area contributed by atoms with Gasteiger partial charge in [0.1, 0.15) is 11.5 Å². The smallest absolute Gasteiger partial charge is 0.355 e. The van der Waals surface area contributed by atoms with Gasteiger partial charge < -0.3 is 15.5 Å². The van der Waals surface area contributed by atoms with Crippen molar-refractivity contribution in [1.82, 2.24) is 4.98 Å². The topological polar surface area (TPSA) is 85.2 Å². The highest BCUT2D eigenvalue weighted by Crippen LogP contribution is 2.20. The lowest BCUT2D eigenvalue weighted by Gasteiger charge is -2.14. The molecule has 1 amide bonds. The molecule has 1 aromatic carbocycles. The molecular weight excluding hydrogens is 331 g/mol. The van der Waals surface area contributed by atoms with Crippen LogP contribution >= 0.6 is 15.9 Å². The molecule has 0 aliphatic heterocycles. The van der Waals surface area contributed by atoms with Crippen molar-refractivity contribution in [3.63, 3.8) is 0 Å². The van der Waals surface area contributed by atoms with Gasteiger partial charge in [-0.15, -0.1) is 0 Å². The Morgan fingerprint density at radius 3 is 2.45 bits per heavy atom. The first-order valence-electron chi connectivity index (χ1n) is 5.57. The van der Waals surface area contributed by atoms with Crippen molar-refractivity contribution in [3.8, 4) is 0 Å². The summed E-state index contributed by atoms with van der Waals surface area (Å²) in [5, 5.41) is 0. The first-order chi connectivity index (χ1) is 9.47. The van der Waals surface area contributed by atoms with Crippen LogP contribution in [0.25, 0.3) is 0 Å². The normalized spacial score (nSPS) is 11.9. The van der Waals surface area contributed by atoms with Crippen molar-refractivity contribution in [2.24, 2.45) is 5.73 Å². The Kier molecular flexibility index (Phi) is 4.19. The first-order valence-corrected chi connectivity index (χ1v) is 6.36. The van der Waals surface area contributed by atoms with Crippen LogP contribution in [0.5, 0.6) is 0 Å². The number of carbonyl (C=O) groups is 2. The van der Waals surface area contributed by atoms with Gasteiger partial charge in [-0.05, 0) is 34.1 Å². The fourth-order valence-corrected chi connectivity index (χ4v) is 1.93. The molecule has 0 saturated carbocycles. The SMILES string of the molecule is NC(=O)C(OC(=O)c1cc(Br)c[nH]1)c1ccc(F)cc1. The van der Waals surface area contributed by atoms with Crippen LogP contribution in [0.3, 0.4) is 0 Å². The van der Waals surface area contributed by atoms with Crippen LogP contribution in [0.1, 0.15) is 22.2 Å². The molecule has 0 aliphatic carbocycles. The predicted molar refractivity (Wildman–Crippen MR) is 72.2 cm³/mol. The lowest BCUT2D eigenvalue weighted by Crippen LogP contribution is -2.26. The molecule has 3 N–H and O–H groups in total. The first kappa shape index (κ1) is 14.3. The van der Waals surface area contributed by atoms with Gasteiger partial charge in [0.25, 0.3) is 5.91 Å². The molecule has 1 heterocycles. The summed E-state index contributed by atoms with van der Waals surface area (Å²) in [6, 6.07) is 6.49. The van der Waals surface area contributed by atoms with E-state index in [1.807, 2.05) is 0 Å². The molecule has 0 fully saturated rings. The molecule has 5 nitrogen and oxygen atoms in total. The molecule has 0 radical (unpaired) electrons. The molecule has 0 spiro atoms. The molecule has 0 saturated heterocycles. The molecule has 2 rings (SSSR count). The average molecular weight is 341 g/mol. The Hall–Kier alpha value is -2.15. The molecule has 20 heavy (non-hydrogen) atoms. The second kappa shape index (κ2) is 5.87. The Labute approximate surface area is 122 Å². The van der Waals surface area contributed by atoms with Gasteiger partial charge in [0.15, 0.2) is 0 Å². The molecule has 1 unspecified atom stereocenters. The van der Waals surface area contributed by atoms with Crippen LogP contribution in [-0.4, -0.2) is 16.9 Å². The third kappa shape index (κ3) is 3.24. The number of primary amides is 1. The minimum absolute atomic E-state index is 0.172. The van der Waals surface area contributed by atoms with Gasteiger partial charge in [0, 0.05) is 16.2 Å². The second-order valence-corrected chi connectivity index (χ2v) is 4.89. The molecule has 104 valence electrons. The molecule has 0 bridgehead atoms. The lowest BCUT2D eigenvalue weighted by molar-refractivity contribution is -0.127. The summed E-state index contributed by atoms with van der Waals surface area (Å²) in [5.74, 6) is -2.03.